The molecule has 7 heteroatoms. The maximum Gasteiger partial charge on any atom is 0.240 e. The number of hydrogen-bond donors (Lipinski definition) is 2. The summed E-state index contributed by atoms with van der Waals surface area (Å²) >= 11 is 0. The predicted octanol–water partition coefficient (Wildman–Crippen LogP) is 2.49. The smallest absolute Gasteiger partial charge is 0.240 e. The Balaban J connectivity index is 2.20. The largest absolute Gasteiger partial charge is 0.381 e. The molecule has 0 amide bonds. The molecule has 2 rings (SSSR count). The van der Waals surface area contributed by atoms with Crippen molar-refractivity contribution in [3.8, 4) is 0 Å². The summed E-state index contributed by atoms with van der Waals surface area (Å²) in [4.78, 5) is 0.0732. The van der Waals surface area contributed by atoms with Gasteiger partial charge in [0, 0.05) is 17.8 Å². The Labute approximate surface area is 121 Å². The Bertz CT molecular complexity index is 728. The fraction of sp³-hybridized carbons (Fsp3) is 0.143. The van der Waals surface area contributed by atoms with E-state index in [2.05, 4.69) is 10.0 Å². The van der Waals surface area contributed by atoms with E-state index in [0.29, 0.717) is 5.69 Å². The van der Waals surface area contributed by atoms with Gasteiger partial charge in [0.15, 0.2) is 0 Å². The molecule has 0 aliphatic heterocycles. The van der Waals surface area contributed by atoms with Gasteiger partial charge in [-0.3, -0.25) is 0 Å². The average Bonchev–Trinajstić information content (AvgIpc) is 2.47. The highest BCUT2D eigenvalue weighted by molar-refractivity contribution is 7.89. The topological polar surface area (TPSA) is 58.2 Å². The zero-order chi connectivity index (χ0) is 15.5. The summed E-state index contributed by atoms with van der Waals surface area (Å²) < 4.78 is 52.5. The number of nitrogens with one attached hydrogen (secondary N) is 2. The number of anilines is 1. The Kier molecular flexibility index (Phi) is 4.54. The number of hydrogen-bond acceptors (Lipinski definition) is 3. The molecule has 0 saturated carbocycles. The molecule has 2 aromatic carbocycles. The van der Waals surface area contributed by atoms with Crippen molar-refractivity contribution in [1.82, 2.24) is 4.72 Å². The molecule has 0 aliphatic carbocycles. The van der Waals surface area contributed by atoms with Crippen LogP contribution in [0.3, 0.4) is 0 Å². The van der Waals surface area contributed by atoms with Gasteiger partial charge in [-0.25, -0.2) is 21.9 Å². The Hall–Kier alpha value is -1.99. The van der Waals surface area contributed by atoms with Crippen molar-refractivity contribution in [3.05, 3.63) is 59.7 Å². The summed E-state index contributed by atoms with van der Waals surface area (Å²) in [6.45, 7) is -0.0818. The van der Waals surface area contributed by atoms with E-state index in [9.17, 15) is 17.2 Å². The lowest BCUT2D eigenvalue weighted by Crippen LogP contribution is -2.18. The summed E-state index contributed by atoms with van der Waals surface area (Å²) in [6, 6.07) is 9.61. The summed E-state index contributed by atoms with van der Waals surface area (Å²) in [6.07, 6.45) is 0. The van der Waals surface area contributed by atoms with Crippen LogP contribution in [0.25, 0.3) is 0 Å². The van der Waals surface area contributed by atoms with E-state index in [1.165, 1.54) is 37.4 Å². The molecule has 0 aromatic heterocycles. The highest BCUT2D eigenvalue weighted by Gasteiger charge is 2.12. The zero-order valence-electron chi connectivity index (χ0n) is 11.2. The van der Waals surface area contributed by atoms with Gasteiger partial charge >= 0.3 is 0 Å². The highest BCUT2D eigenvalue weighted by atomic mass is 32.2. The first kappa shape index (κ1) is 15.4. The van der Waals surface area contributed by atoms with Crippen LogP contribution in [0.5, 0.6) is 0 Å². The van der Waals surface area contributed by atoms with Gasteiger partial charge in [0.25, 0.3) is 0 Å². The third-order valence-electron chi connectivity index (χ3n) is 2.94. The normalized spacial score (nSPS) is 11.4. The van der Waals surface area contributed by atoms with Crippen molar-refractivity contribution >= 4 is 15.7 Å². The lowest BCUT2D eigenvalue weighted by Gasteiger charge is -2.10. The van der Waals surface area contributed by atoms with E-state index < -0.39 is 21.7 Å². The maximum absolute atomic E-state index is 13.5. The molecule has 0 bridgehead atoms. The van der Waals surface area contributed by atoms with Crippen LogP contribution in [0, 0.1) is 11.6 Å². The van der Waals surface area contributed by atoms with Crippen LogP contribution in [0.4, 0.5) is 14.5 Å². The molecular weight excluding hydrogens is 298 g/mol. The van der Waals surface area contributed by atoms with Crippen molar-refractivity contribution in [2.75, 3.05) is 12.4 Å². The van der Waals surface area contributed by atoms with E-state index in [-0.39, 0.29) is 17.0 Å². The number of benzene rings is 2. The molecule has 0 unspecified atom stereocenters. The molecule has 0 radical (unpaired) electrons. The summed E-state index contributed by atoms with van der Waals surface area (Å²) in [7, 11) is -2.25. The first-order valence-corrected chi connectivity index (χ1v) is 7.63. The SMILES string of the molecule is CNS(=O)(=O)c1cccc(NCc2c(F)cccc2F)c1. The van der Waals surface area contributed by atoms with E-state index in [0.717, 1.165) is 0 Å². The van der Waals surface area contributed by atoms with Gasteiger partial charge in [-0.1, -0.05) is 12.1 Å². The van der Waals surface area contributed by atoms with Gasteiger partial charge in [0.05, 0.1) is 4.90 Å². The Morgan fingerprint density at radius 1 is 1.05 bits per heavy atom. The monoisotopic (exact) mass is 312 g/mol. The Morgan fingerprint density at radius 2 is 1.67 bits per heavy atom. The van der Waals surface area contributed by atoms with Gasteiger partial charge in [0.2, 0.25) is 10.0 Å². The van der Waals surface area contributed by atoms with Crippen molar-refractivity contribution in [2.45, 2.75) is 11.4 Å². The molecule has 0 saturated heterocycles. The first-order valence-electron chi connectivity index (χ1n) is 6.14. The van der Waals surface area contributed by atoms with Crippen molar-refractivity contribution in [1.29, 1.82) is 0 Å². The van der Waals surface area contributed by atoms with Crippen LogP contribution in [0.2, 0.25) is 0 Å². The molecule has 21 heavy (non-hydrogen) atoms. The Morgan fingerprint density at radius 3 is 2.29 bits per heavy atom. The predicted molar refractivity (Wildman–Crippen MR) is 76.4 cm³/mol. The fourth-order valence-electron chi connectivity index (χ4n) is 1.78. The molecule has 2 N–H and O–H groups in total. The summed E-state index contributed by atoms with van der Waals surface area (Å²) in [5.41, 5.74) is 0.355. The van der Waals surface area contributed by atoms with Crippen molar-refractivity contribution in [3.63, 3.8) is 0 Å². The van der Waals surface area contributed by atoms with E-state index in [4.69, 9.17) is 0 Å². The molecule has 2 aromatic rings. The number of rotatable bonds is 5. The minimum Gasteiger partial charge on any atom is -0.381 e. The molecule has 0 aliphatic rings. The highest BCUT2D eigenvalue weighted by Crippen LogP contribution is 2.18. The first-order chi connectivity index (χ1) is 9.94. The van der Waals surface area contributed by atoms with Crippen LogP contribution in [0.1, 0.15) is 5.56 Å². The lowest BCUT2D eigenvalue weighted by atomic mass is 10.2. The van der Waals surface area contributed by atoms with Crippen LogP contribution in [0.15, 0.2) is 47.4 Å². The molecule has 4 nitrogen and oxygen atoms in total. The van der Waals surface area contributed by atoms with Crippen molar-refractivity contribution < 1.29 is 17.2 Å². The molecule has 112 valence electrons. The van der Waals surface area contributed by atoms with E-state index >= 15 is 0 Å². The third kappa shape index (κ3) is 3.56. The van der Waals surface area contributed by atoms with Gasteiger partial charge in [0.1, 0.15) is 11.6 Å². The summed E-state index contributed by atoms with van der Waals surface area (Å²) in [5, 5.41) is 2.81. The van der Waals surface area contributed by atoms with Crippen LogP contribution >= 0.6 is 0 Å². The molecule has 0 heterocycles. The van der Waals surface area contributed by atoms with Gasteiger partial charge in [-0.15, -0.1) is 0 Å². The number of halogens is 2. The molecule has 0 spiro atoms. The van der Waals surface area contributed by atoms with Gasteiger partial charge in [-0.05, 0) is 37.4 Å². The second-order valence-corrected chi connectivity index (χ2v) is 6.18. The standard InChI is InChI=1S/C14H14F2N2O2S/c1-17-21(19,20)11-5-2-4-10(8-11)18-9-12-13(15)6-3-7-14(12)16/h2-8,17-18H,9H2,1H3. The van der Waals surface area contributed by atoms with E-state index in [1.54, 1.807) is 12.1 Å². The van der Waals surface area contributed by atoms with Crippen LogP contribution < -0.4 is 10.0 Å². The van der Waals surface area contributed by atoms with Crippen molar-refractivity contribution in [2.24, 2.45) is 0 Å². The fourth-order valence-corrected chi connectivity index (χ4v) is 2.56. The van der Waals surface area contributed by atoms with Gasteiger partial charge < -0.3 is 5.32 Å². The lowest BCUT2D eigenvalue weighted by molar-refractivity contribution is 0.560. The molecule has 0 fully saturated rings. The van der Waals surface area contributed by atoms with E-state index in [1.807, 2.05) is 0 Å². The second-order valence-electron chi connectivity index (χ2n) is 4.29. The molecular formula is C14H14F2N2O2S. The second kappa shape index (κ2) is 6.19. The minimum absolute atomic E-state index is 0.0732. The molecule has 0 atom stereocenters. The average molecular weight is 312 g/mol. The van der Waals surface area contributed by atoms with Crippen LogP contribution in [-0.4, -0.2) is 15.5 Å². The zero-order valence-corrected chi connectivity index (χ0v) is 12.0. The quantitative estimate of drug-likeness (QED) is 0.892. The van der Waals surface area contributed by atoms with Crippen LogP contribution in [-0.2, 0) is 16.6 Å². The third-order valence-corrected chi connectivity index (χ3v) is 4.36. The maximum atomic E-state index is 13.5. The minimum atomic E-state index is -3.56. The van der Waals surface area contributed by atoms with Gasteiger partial charge in [-0.2, -0.15) is 0 Å². The summed E-state index contributed by atoms with van der Waals surface area (Å²) in [5.74, 6) is -1.30. The number of sulfonamides is 1.